The van der Waals surface area contributed by atoms with Gasteiger partial charge < -0.3 is 0 Å². The van der Waals surface area contributed by atoms with E-state index in [4.69, 9.17) is 5.26 Å². The minimum absolute atomic E-state index is 0.627. The Kier molecular flexibility index (Phi) is 15.1. The van der Waals surface area contributed by atoms with E-state index in [1.807, 2.05) is 0 Å². The molecule has 0 bridgehead atoms. The molecule has 0 aliphatic heterocycles. The number of hydrogen-bond donors (Lipinski definition) is 0. The zero-order chi connectivity index (χ0) is 13.3. The quantitative estimate of drug-likeness (QED) is 0.309. The number of rotatable bonds is 12. The third-order valence-electron chi connectivity index (χ3n) is 3.03. The second kappa shape index (κ2) is 16.0. The van der Waals surface area contributed by atoms with E-state index in [0.717, 1.165) is 6.42 Å². The lowest BCUT2D eigenvalue weighted by Crippen LogP contribution is -1.79. The van der Waals surface area contributed by atoms with Crippen LogP contribution < -0.4 is 0 Å². The molecule has 0 radical (unpaired) electrons. The SMILES string of the molecule is CCCCCCCCCC/C=C\C=C/CCC#N. The highest BCUT2D eigenvalue weighted by molar-refractivity contribution is 5.02. The number of nitriles is 1. The van der Waals surface area contributed by atoms with Gasteiger partial charge in [-0.3, -0.25) is 0 Å². The molecule has 0 aromatic heterocycles. The lowest BCUT2D eigenvalue weighted by atomic mass is 10.1. The Labute approximate surface area is 114 Å². The van der Waals surface area contributed by atoms with Crippen LogP contribution in [0.3, 0.4) is 0 Å². The molecule has 18 heavy (non-hydrogen) atoms. The normalized spacial score (nSPS) is 11.3. The van der Waals surface area contributed by atoms with Gasteiger partial charge in [0.25, 0.3) is 0 Å². The summed E-state index contributed by atoms with van der Waals surface area (Å²) in [4.78, 5) is 0. The summed E-state index contributed by atoms with van der Waals surface area (Å²) in [6.45, 7) is 2.26. The van der Waals surface area contributed by atoms with Crippen LogP contribution in [0.4, 0.5) is 0 Å². The van der Waals surface area contributed by atoms with E-state index in [2.05, 4.69) is 37.3 Å². The molecule has 0 fully saturated rings. The molecule has 0 saturated carbocycles. The van der Waals surface area contributed by atoms with Crippen molar-refractivity contribution in [1.29, 1.82) is 5.26 Å². The van der Waals surface area contributed by atoms with Gasteiger partial charge in [-0.05, 0) is 19.3 Å². The highest BCUT2D eigenvalue weighted by Crippen LogP contribution is 2.09. The van der Waals surface area contributed by atoms with Crippen molar-refractivity contribution in [3.05, 3.63) is 24.3 Å². The summed E-state index contributed by atoms with van der Waals surface area (Å²) in [6, 6.07) is 2.14. The molecule has 0 atom stereocenters. The predicted octanol–water partition coefficient (Wildman–Crippen LogP) is 5.93. The van der Waals surface area contributed by atoms with Gasteiger partial charge in [0, 0.05) is 6.42 Å². The van der Waals surface area contributed by atoms with E-state index in [-0.39, 0.29) is 0 Å². The van der Waals surface area contributed by atoms with Gasteiger partial charge in [-0.2, -0.15) is 5.26 Å². The van der Waals surface area contributed by atoms with Crippen LogP contribution in [0.2, 0.25) is 0 Å². The molecule has 0 aromatic carbocycles. The molecule has 0 aliphatic carbocycles. The monoisotopic (exact) mass is 247 g/mol. The summed E-state index contributed by atoms with van der Waals surface area (Å²) < 4.78 is 0. The first-order valence-electron chi connectivity index (χ1n) is 7.60. The van der Waals surface area contributed by atoms with Crippen LogP contribution in [0.15, 0.2) is 24.3 Å². The number of hydrogen-bond acceptors (Lipinski definition) is 1. The molecule has 0 spiro atoms. The highest BCUT2D eigenvalue weighted by atomic mass is 14.2. The molecule has 0 N–H and O–H groups in total. The second-order valence-electron chi connectivity index (χ2n) is 4.82. The Bertz CT molecular complexity index is 245. The molecular formula is C17H29N. The van der Waals surface area contributed by atoms with Gasteiger partial charge in [-0.1, -0.05) is 76.2 Å². The van der Waals surface area contributed by atoms with Crippen LogP contribution in [0, 0.1) is 11.3 Å². The third kappa shape index (κ3) is 15.0. The lowest BCUT2D eigenvalue weighted by molar-refractivity contribution is 0.577. The van der Waals surface area contributed by atoms with Crippen LogP contribution >= 0.6 is 0 Å². The van der Waals surface area contributed by atoms with Crippen LogP contribution in [0.25, 0.3) is 0 Å². The van der Waals surface area contributed by atoms with Crippen molar-refractivity contribution in [3.63, 3.8) is 0 Å². The largest absolute Gasteiger partial charge is 0.198 e. The zero-order valence-corrected chi connectivity index (χ0v) is 12.0. The van der Waals surface area contributed by atoms with Crippen molar-refractivity contribution in [3.8, 4) is 6.07 Å². The minimum atomic E-state index is 0.627. The Hall–Kier alpha value is -1.03. The Morgan fingerprint density at radius 2 is 1.33 bits per heavy atom. The summed E-state index contributed by atoms with van der Waals surface area (Å²) in [5.41, 5.74) is 0. The molecule has 1 heteroatoms. The number of allylic oxidation sites excluding steroid dienone is 4. The highest BCUT2D eigenvalue weighted by Gasteiger charge is 1.89. The summed E-state index contributed by atoms with van der Waals surface area (Å²) in [5, 5.41) is 8.36. The zero-order valence-electron chi connectivity index (χ0n) is 12.0. The second-order valence-corrected chi connectivity index (χ2v) is 4.82. The smallest absolute Gasteiger partial charge is 0.0625 e. The van der Waals surface area contributed by atoms with Gasteiger partial charge in [0.2, 0.25) is 0 Å². The van der Waals surface area contributed by atoms with Crippen LogP contribution in [-0.4, -0.2) is 0 Å². The molecule has 102 valence electrons. The van der Waals surface area contributed by atoms with Crippen molar-refractivity contribution < 1.29 is 0 Å². The molecule has 1 nitrogen and oxygen atoms in total. The van der Waals surface area contributed by atoms with Crippen LogP contribution in [-0.2, 0) is 0 Å². The average molecular weight is 247 g/mol. The maximum absolute atomic E-state index is 8.36. The van der Waals surface area contributed by atoms with Gasteiger partial charge in [-0.15, -0.1) is 0 Å². The predicted molar refractivity (Wildman–Crippen MR) is 80.4 cm³/mol. The Morgan fingerprint density at radius 3 is 1.94 bits per heavy atom. The van der Waals surface area contributed by atoms with Gasteiger partial charge >= 0.3 is 0 Å². The summed E-state index contributed by atoms with van der Waals surface area (Å²) >= 11 is 0. The fourth-order valence-corrected chi connectivity index (χ4v) is 1.89. The van der Waals surface area contributed by atoms with Gasteiger partial charge in [-0.25, -0.2) is 0 Å². The van der Waals surface area contributed by atoms with Gasteiger partial charge in [0.05, 0.1) is 6.07 Å². The van der Waals surface area contributed by atoms with Gasteiger partial charge in [0.1, 0.15) is 0 Å². The summed E-state index contributed by atoms with van der Waals surface area (Å²) in [6.07, 6.45) is 22.2. The maximum Gasteiger partial charge on any atom is 0.0625 e. The molecule has 0 rings (SSSR count). The van der Waals surface area contributed by atoms with E-state index < -0.39 is 0 Å². The molecule has 0 amide bonds. The first kappa shape index (κ1) is 17.0. The first-order chi connectivity index (χ1) is 8.91. The standard InChI is InChI=1S/C17H29N/c1-2-3-4-5-6-7-8-9-10-11-12-13-14-15-16-17-18/h11-14H,2-10,15-16H2,1H3/b12-11-,14-13-. The molecule has 0 unspecified atom stereocenters. The first-order valence-corrected chi connectivity index (χ1v) is 7.60. The topological polar surface area (TPSA) is 23.8 Å². The van der Waals surface area contributed by atoms with E-state index in [9.17, 15) is 0 Å². The van der Waals surface area contributed by atoms with E-state index in [1.165, 1.54) is 57.8 Å². The Balaban J connectivity index is 3.13. The van der Waals surface area contributed by atoms with E-state index in [1.54, 1.807) is 0 Å². The van der Waals surface area contributed by atoms with Crippen molar-refractivity contribution in [2.24, 2.45) is 0 Å². The van der Waals surface area contributed by atoms with Crippen molar-refractivity contribution in [2.45, 2.75) is 77.6 Å². The minimum Gasteiger partial charge on any atom is -0.198 e. The van der Waals surface area contributed by atoms with Crippen molar-refractivity contribution >= 4 is 0 Å². The fraction of sp³-hybridized carbons (Fsp3) is 0.706. The number of unbranched alkanes of at least 4 members (excludes halogenated alkanes) is 9. The van der Waals surface area contributed by atoms with E-state index >= 15 is 0 Å². The average Bonchev–Trinajstić information content (AvgIpc) is 2.39. The van der Waals surface area contributed by atoms with Crippen molar-refractivity contribution in [2.75, 3.05) is 0 Å². The van der Waals surface area contributed by atoms with Crippen LogP contribution in [0.1, 0.15) is 77.6 Å². The maximum atomic E-state index is 8.36. The van der Waals surface area contributed by atoms with Crippen LogP contribution in [0.5, 0.6) is 0 Å². The summed E-state index contributed by atoms with van der Waals surface area (Å²) in [5.74, 6) is 0. The third-order valence-corrected chi connectivity index (χ3v) is 3.03. The number of nitrogens with zero attached hydrogens (tertiary/aromatic N) is 1. The molecule has 0 aromatic rings. The summed E-state index contributed by atoms with van der Waals surface area (Å²) in [7, 11) is 0. The molecular weight excluding hydrogens is 218 g/mol. The molecule has 0 saturated heterocycles. The van der Waals surface area contributed by atoms with E-state index in [0.29, 0.717) is 6.42 Å². The van der Waals surface area contributed by atoms with Crippen molar-refractivity contribution in [1.82, 2.24) is 0 Å². The Morgan fingerprint density at radius 1 is 0.778 bits per heavy atom. The molecule has 0 heterocycles. The lowest BCUT2D eigenvalue weighted by Gasteiger charge is -1.99. The molecule has 0 aliphatic rings. The fourth-order valence-electron chi connectivity index (χ4n) is 1.89. The van der Waals surface area contributed by atoms with Gasteiger partial charge in [0.15, 0.2) is 0 Å².